The van der Waals surface area contributed by atoms with Crippen LogP contribution >= 0.6 is 0 Å². The molecule has 0 aromatic heterocycles. The van der Waals surface area contributed by atoms with E-state index in [-0.39, 0.29) is 11.2 Å². The highest BCUT2D eigenvalue weighted by atomic mass is 16.5. The predicted molar refractivity (Wildman–Crippen MR) is 66.2 cm³/mol. The van der Waals surface area contributed by atoms with E-state index in [0.717, 1.165) is 0 Å². The van der Waals surface area contributed by atoms with E-state index in [1.165, 1.54) is 24.8 Å². The molecule has 1 fully saturated rings. The summed E-state index contributed by atoms with van der Waals surface area (Å²) in [6.07, 6.45) is 8.49. The van der Waals surface area contributed by atoms with Gasteiger partial charge in [0.2, 0.25) is 0 Å². The highest BCUT2D eigenvalue weighted by Gasteiger charge is 2.60. The summed E-state index contributed by atoms with van der Waals surface area (Å²) < 4.78 is 6.51. The Morgan fingerprint density at radius 3 is 2.81 bits per heavy atom. The molecule has 1 heteroatoms. The maximum absolute atomic E-state index is 6.51. The van der Waals surface area contributed by atoms with Gasteiger partial charge < -0.3 is 4.74 Å². The molecule has 2 aliphatic carbocycles. The van der Waals surface area contributed by atoms with E-state index in [0.29, 0.717) is 11.8 Å². The number of hydrogen-bond donors (Lipinski definition) is 0. The van der Waals surface area contributed by atoms with Crippen molar-refractivity contribution in [2.45, 2.75) is 58.2 Å². The van der Waals surface area contributed by atoms with Gasteiger partial charge in [-0.15, -0.1) is 0 Å². The molecular formula is C15H22O. The molecule has 88 valence electrons. The van der Waals surface area contributed by atoms with Gasteiger partial charge >= 0.3 is 0 Å². The topological polar surface area (TPSA) is 9.23 Å². The van der Waals surface area contributed by atoms with Gasteiger partial charge in [0.25, 0.3) is 0 Å². The Kier molecular flexibility index (Phi) is 1.99. The summed E-state index contributed by atoms with van der Waals surface area (Å²) in [6, 6.07) is 0. The van der Waals surface area contributed by atoms with Crippen molar-refractivity contribution in [3.8, 4) is 0 Å². The van der Waals surface area contributed by atoms with E-state index < -0.39 is 0 Å². The summed E-state index contributed by atoms with van der Waals surface area (Å²) in [5.74, 6) is 1.30. The molecule has 0 aromatic rings. The molecule has 1 heterocycles. The maximum Gasteiger partial charge on any atom is 0.0965 e. The van der Waals surface area contributed by atoms with Crippen LogP contribution in [0.4, 0.5) is 0 Å². The number of allylic oxidation sites excluding steroid dienone is 2. The summed E-state index contributed by atoms with van der Waals surface area (Å²) >= 11 is 0. The molecule has 1 saturated heterocycles. The first-order chi connectivity index (χ1) is 7.46. The van der Waals surface area contributed by atoms with Gasteiger partial charge in [0.05, 0.1) is 11.2 Å². The average molecular weight is 218 g/mol. The summed E-state index contributed by atoms with van der Waals surface area (Å²) in [5.41, 5.74) is 3.12. The van der Waals surface area contributed by atoms with Crippen molar-refractivity contribution < 1.29 is 4.74 Å². The molecule has 2 bridgehead atoms. The minimum absolute atomic E-state index is 0.0417. The zero-order chi connectivity index (χ0) is 11.6. The lowest BCUT2D eigenvalue weighted by Crippen LogP contribution is -2.41. The molecule has 0 amide bonds. The second-order valence-electron chi connectivity index (χ2n) is 6.36. The van der Waals surface area contributed by atoms with Gasteiger partial charge in [-0.25, -0.2) is 0 Å². The number of hydrogen-bond acceptors (Lipinski definition) is 1. The number of ether oxygens (including phenoxy) is 1. The molecule has 0 aromatic carbocycles. The Morgan fingerprint density at radius 1 is 1.31 bits per heavy atom. The van der Waals surface area contributed by atoms with Gasteiger partial charge in [-0.2, -0.15) is 0 Å². The fourth-order valence-corrected chi connectivity index (χ4v) is 4.06. The van der Waals surface area contributed by atoms with Crippen LogP contribution in [0.25, 0.3) is 0 Å². The zero-order valence-corrected chi connectivity index (χ0v) is 10.8. The average Bonchev–Trinajstić information content (AvgIpc) is 2.36. The van der Waals surface area contributed by atoms with Crippen LogP contribution in [-0.2, 0) is 4.74 Å². The normalized spacial score (nSPS) is 44.8. The highest BCUT2D eigenvalue weighted by molar-refractivity contribution is 5.34. The Bertz CT molecular complexity index is 388. The minimum Gasteiger partial charge on any atom is -0.364 e. The Morgan fingerprint density at radius 2 is 2.06 bits per heavy atom. The first-order valence-corrected chi connectivity index (χ1v) is 6.50. The molecule has 0 unspecified atom stereocenters. The molecule has 3 atom stereocenters. The Labute approximate surface area is 98.6 Å². The zero-order valence-electron chi connectivity index (χ0n) is 10.8. The molecule has 0 spiro atoms. The Hall–Kier alpha value is -0.560. The standard InChI is InChI=1S/C15H22O/c1-10-7-8-15-11(2)5-6-12(13(15)9-10)14(3,4)16-15/h5,9,12-13H,6-8H2,1-4H3/t12-,13-,15-/m1/s1. The van der Waals surface area contributed by atoms with Crippen LogP contribution < -0.4 is 0 Å². The molecule has 0 radical (unpaired) electrons. The van der Waals surface area contributed by atoms with Gasteiger partial charge in [-0.1, -0.05) is 17.7 Å². The van der Waals surface area contributed by atoms with Gasteiger partial charge in [-0.05, 0) is 52.5 Å². The lowest BCUT2D eigenvalue weighted by molar-refractivity contribution is -0.0799. The van der Waals surface area contributed by atoms with E-state index in [1.54, 1.807) is 5.57 Å². The molecule has 1 nitrogen and oxygen atoms in total. The lowest BCUT2D eigenvalue weighted by atomic mass is 9.64. The van der Waals surface area contributed by atoms with Crippen LogP contribution in [-0.4, -0.2) is 11.2 Å². The van der Waals surface area contributed by atoms with Crippen LogP contribution in [0, 0.1) is 11.8 Å². The van der Waals surface area contributed by atoms with Gasteiger partial charge in [0, 0.05) is 11.8 Å². The van der Waals surface area contributed by atoms with Crippen LogP contribution in [0.15, 0.2) is 23.3 Å². The third kappa shape index (κ3) is 1.15. The summed E-state index contributed by atoms with van der Waals surface area (Å²) in [6.45, 7) is 9.08. The van der Waals surface area contributed by atoms with Crippen LogP contribution in [0.1, 0.15) is 47.0 Å². The second kappa shape index (κ2) is 3.01. The van der Waals surface area contributed by atoms with Crippen LogP contribution in [0.5, 0.6) is 0 Å². The smallest absolute Gasteiger partial charge is 0.0965 e. The summed E-state index contributed by atoms with van der Waals surface area (Å²) in [5, 5.41) is 0. The summed E-state index contributed by atoms with van der Waals surface area (Å²) in [4.78, 5) is 0. The first-order valence-electron chi connectivity index (χ1n) is 6.50. The van der Waals surface area contributed by atoms with Crippen molar-refractivity contribution in [1.29, 1.82) is 0 Å². The van der Waals surface area contributed by atoms with Crippen molar-refractivity contribution >= 4 is 0 Å². The summed E-state index contributed by atoms with van der Waals surface area (Å²) in [7, 11) is 0. The highest BCUT2D eigenvalue weighted by Crippen LogP contribution is 2.59. The van der Waals surface area contributed by atoms with Crippen molar-refractivity contribution in [2.75, 3.05) is 0 Å². The molecule has 3 rings (SSSR count). The third-order valence-electron chi connectivity index (χ3n) is 5.01. The van der Waals surface area contributed by atoms with Crippen molar-refractivity contribution in [2.24, 2.45) is 11.8 Å². The molecule has 0 saturated carbocycles. The van der Waals surface area contributed by atoms with Crippen LogP contribution in [0.2, 0.25) is 0 Å². The third-order valence-corrected chi connectivity index (χ3v) is 5.01. The minimum atomic E-state index is 0.0417. The molecule has 16 heavy (non-hydrogen) atoms. The van der Waals surface area contributed by atoms with E-state index in [1.807, 2.05) is 0 Å². The van der Waals surface area contributed by atoms with E-state index >= 15 is 0 Å². The fraction of sp³-hybridized carbons (Fsp3) is 0.733. The predicted octanol–water partition coefficient (Wildman–Crippen LogP) is 3.86. The largest absolute Gasteiger partial charge is 0.364 e. The maximum atomic E-state index is 6.51. The van der Waals surface area contributed by atoms with E-state index in [4.69, 9.17) is 4.74 Å². The monoisotopic (exact) mass is 218 g/mol. The van der Waals surface area contributed by atoms with E-state index in [2.05, 4.69) is 39.8 Å². The van der Waals surface area contributed by atoms with Crippen LogP contribution in [0.3, 0.4) is 0 Å². The molecule has 1 aliphatic heterocycles. The molecule has 0 N–H and O–H groups in total. The number of rotatable bonds is 0. The van der Waals surface area contributed by atoms with Crippen molar-refractivity contribution in [3.63, 3.8) is 0 Å². The molecular weight excluding hydrogens is 196 g/mol. The van der Waals surface area contributed by atoms with Crippen molar-refractivity contribution in [3.05, 3.63) is 23.3 Å². The molecule has 3 aliphatic rings. The van der Waals surface area contributed by atoms with Gasteiger partial charge in [0.1, 0.15) is 0 Å². The van der Waals surface area contributed by atoms with Crippen molar-refractivity contribution in [1.82, 2.24) is 0 Å². The quantitative estimate of drug-likeness (QED) is 0.561. The second-order valence-corrected chi connectivity index (χ2v) is 6.36. The van der Waals surface area contributed by atoms with Gasteiger partial charge in [0.15, 0.2) is 0 Å². The van der Waals surface area contributed by atoms with E-state index in [9.17, 15) is 0 Å². The SMILES string of the molecule is CC1=C[C@@H]2[C@H]3CC=C(C)[C@@]2(CC1)OC3(C)C. The fourth-order valence-electron chi connectivity index (χ4n) is 4.06. The van der Waals surface area contributed by atoms with Gasteiger partial charge in [-0.3, -0.25) is 0 Å². The first kappa shape index (κ1) is 10.6. The lowest BCUT2D eigenvalue weighted by Gasteiger charge is -2.41. The Balaban J connectivity index is 2.13.